The number of hydrogen-bond acceptors (Lipinski definition) is 4. The molecule has 0 atom stereocenters. The van der Waals surface area contributed by atoms with Crippen molar-refractivity contribution in [2.75, 3.05) is 33.4 Å². The smallest absolute Gasteiger partial charge is 0.387 e. The zero-order chi connectivity index (χ0) is 17.6. The van der Waals surface area contributed by atoms with Crippen LogP contribution >= 0.6 is 11.6 Å². The van der Waals surface area contributed by atoms with E-state index in [-0.39, 0.29) is 21.8 Å². The van der Waals surface area contributed by atoms with Crippen LogP contribution < -0.4 is 15.4 Å². The third-order valence-electron chi connectivity index (χ3n) is 4.14. The summed E-state index contributed by atoms with van der Waals surface area (Å²) in [5.74, 6) is -0.694. The molecule has 1 aliphatic rings. The van der Waals surface area contributed by atoms with E-state index in [4.69, 9.17) is 16.3 Å². The lowest BCUT2D eigenvalue weighted by atomic mass is 9.79. The molecule has 2 rings (SSSR count). The minimum Gasteiger partial charge on any atom is -0.434 e. The van der Waals surface area contributed by atoms with E-state index in [2.05, 4.69) is 15.4 Å². The molecule has 0 bridgehead atoms. The molecule has 1 saturated heterocycles. The molecule has 1 aromatic rings. The third-order valence-corrected chi connectivity index (χ3v) is 4.38. The van der Waals surface area contributed by atoms with Crippen LogP contribution in [-0.2, 0) is 4.74 Å². The number of carbonyl (C=O) groups excluding carboxylic acids is 1. The first-order valence-corrected chi connectivity index (χ1v) is 8.06. The number of nitrogens with one attached hydrogen (secondary N) is 2. The number of amides is 1. The number of ether oxygens (including phenoxy) is 2. The van der Waals surface area contributed by atoms with Crippen molar-refractivity contribution < 1.29 is 23.0 Å². The maximum absolute atomic E-state index is 12.5. The van der Waals surface area contributed by atoms with Gasteiger partial charge < -0.3 is 20.1 Å². The zero-order valence-electron chi connectivity index (χ0n) is 13.4. The quantitative estimate of drug-likeness (QED) is 0.783. The molecule has 0 radical (unpaired) electrons. The predicted molar refractivity (Wildman–Crippen MR) is 86.8 cm³/mol. The summed E-state index contributed by atoms with van der Waals surface area (Å²) < 4.78 is 34.7. The van der Waals surface area contributed by atoms with Crippen LogP contribution in [-0.4, -0.2) is 45.9 Å². The number of alkyl halides is 2. The summed E-state index contributed by atoms with van der Waals surface area (Å²) >= 11 is 5.87. The Bertz CT molecular complexity index is 561. The summed E-state index contributed by atoms with van der Waals surface area (Å²) in [6.07, 6.45) is 1.72. The summed E-state index contributed by atoms with van der Waals surface area (Å²) in [7, 11) is 1.62. The maximum Gasteiger partial charge on any atom is 0.387 e. The Kier molecular flexibility index (Phi) is 6.77. The molecule has 0 saturated carbocycles. The largest absolute Gasteiger partial charge is 0.434 e. The highest BCUT2D eigenvalue weighted by molar-refractivity contribution is 6.31. The summed E-state index contributed by atoms with van der Waals surface area (Å²) in [6.45, 7) is -0.416. The average Bonchev–Trinajstić information content (AvgIpc) is 2.55. The molecular formula is C16H21ClF2N2O3. The Morgan fingerprint density at radius 2 is 2.12 bits per heavy atom. The third kappa shape index (κ3) is 5.03. The molecule has 0 spiro atoms. The maximum atomic E-state index is 12.5. The fraction of sp³-hybridized carbons (Fsp3) is 0.562. The van der Waals surface area contributed by atoms with Gasteiger partial charge in [-0.05, 0) is 44.1 Å². The highest BCUT2D eigenvalue weighted by Crippen LogP contribution is 2.29. The van der Waals surface area contributed by atoms with Gasteiger partial charge in [-0.25, -0.2) is 0 Å². The van der Waals surface area contributed by atoms with Gasteiger partial charge in [0.2, 0.25) is 0 Å². The standard InChI is InChI=1S/C16H21ClF2N2O3/c1-23-10-16(4-6-20-7-5-16)9-21-14(22)12-8-11(17)2-3-13(12)24-15(18)19/h2-3,8,15,20H,4-7,9-10H2,1H3,(H,21,22). The second-order valence-electron chi connectivity index (χ2n) is 5.88. The number of hydrogen-bond donors (Lipinski definition) is 2. The van der Waals surface area contributed by atoms with Gasteiger partial charge >= 0.3 is 6.61 Å². The van der Waals surface area contributed by atoms with E-state index in [9.17, 15) is 13.6 Å². The van der Waals surface area contributed by atoms with Crippen molar-refractivity contribution in [2.24, 2.45) is 5.41 Å². The molecule has 0 aromatic heterocycles. The highest BCUT2D eigenvalue weighted by atomic mass is 35.5. The van der Waals surface area contributed by atoms with Gasteiger partial charge in [-0.3, -0.25) is 4.79 Å². The molecule has 1 aliphatic heterocycles. The van der Waals surface area contributed by atoms with Gasteiger partial charge in [0.1, 0.15) is 5.75 Å². The number of piperidine rings is 1. The number of benzene rings is 1. The van der Waals surface area contributed by atoms with E-state index in [0.717, 1.165) is 25.9 Å². The molecule has 2 N–H and O–H groups in total. The van der Waals surface area contributed by atoms with Crippen molar-refractivity contribution in [2.45, 2.75) is 19.5 Å². The van der Waals surface area contributed by atoms with Crippen molar-refractivity contribution in [3.05, 3.63) is 28.8 Å². The van der Waals surface area contributed by atoms with Crippen molar-refractivity contribution in [3.8, 4) is 5.75 Å². The normalized spacial score (nSPS) is 16.9. The van der Waals surface area contributed by atoms with Crippen LogP contribution in [0.1, 0.15) is 23.2 Å². The van der Waals surface area contributed by atoms with Crippen LogP contribution in [0, 0.1) is 5.41 Å². The van der Waals surface area contributed by atoms with Crippen molar-refractivity contribution in [1.82, 2.24) is 10.6 Å². The molecule has 8 heteroatoms. The molecule has 1 heterocycles. The minimum absolute atomic E-state index is 0.00991. The van der Waals surface area contributed by atoms with Crippen LogP contribution in [0.2, 0.25) is 5.02 Å². The van der Waals surface area contributed by atoms with Crippen LogP contribution in [0.4, 0.5) is 8.78 Å². The lowest BCUT2D eigenvalue weighted by molar-refractivity contribution is -0.0501. The van der Waals surface area contributed by atoms with E-state index in [0.29, 0.717) is 13.2 Å². The van der Waals surface area contributed by atoms with E-state index >= 15 is 0 Å². The Morgan fingerprint density at radius 1 is 1.42 bits per heavy atom. The SMILES string of the molecule is COCC1(CNC(=O)c2cc(Cl)ccc2OC(F)F)CCNCC1. The lowest BCUT2D eigenvalue weighted by Crippen LogP contribution is -2.47. The lowest BCUT2D eigenvalue weighted by Gasteiger charge is -2.37. The van der Waals surface area contributed by atoms with Crippen molar-refractivity contribution in [1.29, 1.82) is 0 Å². The number of rotatable bonds is 7. The molecule has 0 unspecified atom stereocenters. The van der Waals surface area contributed by atoms with E-state index in [1.807, 2.05) is 0 Å². The monoisotopic (exact) mass is 362 g/mol. The molecule has 0 aliphatic carbocycles. The zero-order valence-corrected chi connectivity index (χ0v) is 14.2. The predicted octanol–water partition coefficient (Wildman–Crippen LogP) is 2.69. The highest BCUT2D eigenvalue weighted by Gasteiger charge is 2.33. The van der Waals surface area contributed by atoms with Crippen molar-refractivity contribution >= 4 is 17.5 Å². The average molecular weight is 363 g/mol. The molecule has 134 valence electrons. The molecule has 5 nitrogen and oxygen atoms in total. The fourth-order valence-corrected chi connectivity index (χ4v) is 3.05. The van der Waals surface area contributed by atoms with Gasteiger partial charge in [-0.2, -0.15) is 8.78 Å². The Morgan fingerprint density at radius 3 is 2.75 bits per heavy atom. The van der Waals surface area contributed by atoms with Crippen LogP contribution in [0.3, 0.4) is 0 Å². The number of methoxy groups -OCH3 is 1. The molecular weight excluding hydrogens is 342 g/mol. The van der Waals surface area contributed by atoms with E-state index in [1.165, 1.54) is 18.2 Å². The van der Waals surface area contributed by atoms with Gasteiger partial charge in [-0.15, -0.1) is 0 Å². The van der Waals surface area contributed by atoms with Crippen molar-refractivity contribution in [3.63, 3.8) is 0 Å². The molecule has 1 amide bonds. The minimum atomic E-state index is -3.01. The summed E-state index contributed by atoms with van der Waals surface area (Å²) in [4.78, 5) is 12.4. The second-order valence-corrected chi connectivity index (χ2v) is 6.32. The molecule has 1 aromatic carbocycles. The first-order chi connectivity index (χ1) is 11.5. The van der Waals surface area contributed by atoms with Gasteiger partial charge in [0, 0.05) is 24.1 Å². The fourth-order valence-electron chi connectivity index (χ4n) is 2.88. The summed E-state index contributed by atoms with van der Waals surface area (Å²) in [5, 5.41) is 6.34. The topological polar surface area (TPSA) is 59.6 Å². The first kappa shape index (κ1) is 18.9. The van der Waals surface area contributed by atoms with Gasteiger partial charge in [0.25, 0.3) is 5.91 Å². The first-order valence-electron chi connectivity index (χ1n) is 7.68. The van der Waals surface area contributed by atoms with Crippen LogP contribution in [0.5, 0.6) is 5.75 Å². The summed E-state index contributed by atoms with van der Waals surface area (Å²) in [5.41, 5.74) is -0.179. The van der Waals surface area contributed by atoms with Gasteiger partial charge in [0.15, 0.2) is 0 Å². The van der Waals surface area contributed by atoms with E-state index < -0.39 is 12.5 Å². The molecule has 24 heavy (non-hydrogen) atoms. The second kappa shape index (κ2) is 8.60. The number of carbonyl (C=O) groups is 1. The molecule has 1 fully saturated rings. The van der Waals surface area contributed by atoms with Gasteiger partial charge in [-0.1, -0.05) is 11.6 Å². The Hall–Kier alpha value is -1.44. The Labute approximate surface area is 144 Å². The number of halogens is 3. The Balaban J connectivity index is 2.09. The van der Waals surface area contributed by atoms with E-state index in [1.54, 1.807) is 7.11 Å². The van der Waals surface area contributed by atoms with Crippen LogP contribution in [0.15, 0.2) is 18.2 Å². The summed E-state index contributed by atoms with van der Waals surface area (Å²) in [6, 6.07) is 3.98. The van der Waals surface area contributed by atoms with Gasteiger partial charge in [0.05, 0.1) is 12.2 Å². The van der Waals surface area contributed by atoms with Crippen LogP contribution in [0.25, 0.3) is 0 Å².